The van der Waals surface area contributed by atoms with Gasteiger partial charge in [-0.25, -0.2) is 0 Å². The van der Waals surface area contributed by atoms with Crippen LogP contribution in [0.25, 0.3) is 0 Å². The Labute approximate surface area is 97.6 Å². The molecule has 0 aromatic heterocycles. The van der Waals surface area contributed by atoms with Gasteiger partial charge in [0.05, 0.1) is 6.10 Å². The van der Waals surface area contributed by atoms with E-state index in [1.807, 2.05) is 25.2 Å². The predicted octanol–water partition coefficient (Wildman–Crippen LogP) is 1.85. The lowest BCUT2D eigenvalue weighted by Gasteiger charge is -2.14. The highest BCUT2D eigenvalue weighted by molar-refractivity contribution is 9.10. The topological polar surface area (TPSA) is 41.5 Å². The minimum Gasteiger partial charge on any atom is -0.492 e. The lowest BCUT2D eigenvalue weighted by molar-refractivity contribution is 0.153. The summed E-state index contributed by atoms with van der Waals surface area (Å²) in [6.07, 6.45) is 0.220. The van der Waals surface area contributed by atoms with Crippen LogP contribution in [0.4, 0.5) is 0 Å². The number of aliphatic hydroxyl groups is 1. The molecule has 1 aromatic rings. The van der Waals surface area contributed by atoms with Gasteiger partial charge in [-0.3, -0.25) is 0 Å². The molecule has 2 rings (SSSR count). The maximum absolute atomic E-state index is 10.0. The summed E-state index contributed by atoms with van der Waals surface area (Å²) in [5.41, 5.74) is 0.863. The molecule has 1 aromatic carbocycles. The molecule has 0 radical (unpaired) electrons. The first-order valence-corrected chi connectivity index (χ1v) is 5.77. The lowest BCUT2D eigenvalue weighted by Crippen LogP contribution is -2.31. The number of nitrogens with one attached hydrogen (secondary N) is 1. The summed E-state index contributed by atoms with van der Waals surface area (Å²) in [4.78, 5) is 0. The number of ether oxygens (including phenoxy) is 1. The molecule has 0 unspecified atom stereocenters. The van der Waals surface area contributed by atoms with Crippen LogP contribution in [0.15, 0.2) is 22.7 Å². The van der Waals surface area contributed by atoms with E-state index in [0.29, 0.717) is 13.0 Å². The average Bonchev–Trinajstić information content (AvgIpc) is 2.39. The first-order valence-electron chi connectivity index (χ1n) is 4.98. The van der Waals surface area contributed by atoms with E-state index in [0.717, 1.165) is 15.8 Å². The third kappa shape index (κ3) is 2.33. The molecule has 0 aliphatic carbocycles. The molecule has 1 aliphatic heterocycles. The average molecular weight is 272 g/mol. The van der Waals surface area contributed by atoms with Gasteiger partial charge in [0.15, 0.2) is 0 Å². The van der Waals surface area contributed by atoms with Crippen molar-refractivity contribution in [2.75, 3.05) is 13.7 Å². The molecule has 0 fully saturated rings. The van der Waals surface area contributed by atoms with Crippen molar-refractivity contribution in [1.82, 2.24) is 5.32 Å². The SMILES string of the molecule is CN[C@@H]1COc2ccc(Br)cc2[C@H](O)C1. The minimum atomic E-state index is -0.461. The molecule has 0 saturated heterocycles. The third-order valence-corrected chi connectivity index (χ3v) is 3.18. The van der Waals surface area contributed by atoms with E-state index in [9.17, 15) is 5.11 Å². The van der Waals surface area contributed by atoms with E-state index < -0.39 is 6.10 Å². The van der Waals surface area contributed by atoms with Crippen molar-refractivity contribution in [3.8, 4) is 5.75 Å². The number of benzene rings is 1. The Bertz CT molecular complexity index is 356. The Morgan fingerprint density at radius 1 is 1.53 bits per heavy atom. The van der Waals surface area contributed by atoms with Crippen molar-refractivity contribution in [2.45, 2.75) is 18.6 Å². The van der Waals surface area contributed by atoms with Crippen LogP contribution in [0.1, 0.15) is 18.1 Å². The Hall–Kier alpha value is -0.580. The highest BCUT2D eigenvalue weighted by Gasteiger charge is 2.23. The van der Waals surface area contributed by atoms with Crippen LogP contribution in [0.3, 0.4) is 0 Å². The molecule has 4 heteroatoms. The Kier molecular flexibility index (Phi) is 3.29. The van der Waals surface area contributed by atoms with E-state index in [-0.39, 0.29) is 6.04 Å². The van der Waals surface area contributed by atoms with Crippen molar-refractivity contribution >= 4 is 15.9 Å². The number of hydrogen-bond acceptors (Lipinski definition) is 3. The summed E-state index contributed by atoms with van der Waals surface area (Å²) in [6.45, 7) is 0.599. The van der Waals surface area contributed by atoms with E-state index in [1.165, 1.54) is 0 Å². The number of halogens is 1. The molecule has 1 aliphatic rings. The fraction of sp³-hybridized carbons (Fsp3) is 0.455. The maximum atomic E-state index is 10.0. The van der Waals surface area contributed by atoms with Gasteiger partial charge in [0, 0.05) is 16.1 Å². The van der Waals surface area contributed by atoms with Crippen LogP contribution < -0.4 is 10.1 Å². The summed E-state index contributed by atoms with van der Waals surface area (Å²) in [6, 6.07) is 5.93. The molecule has 0 bridgehead atoms. The zero-order valence-corrected chi connectivity index (χ0v) is 10.1. The van der Waals surface area contributed by atoms with Crippen molar-refractivity contribution in [2.24, 2.45) is 0 Å². The first-order chi connectivity index (χ1) is 7.20. The van der Waals surface area contributed by atoms with Crippen molar-refractivity contribution in [3.05, 3.63) is 28.2 Å². The number of rotatable bonds is 1. The molecule has 0 spiro atoms. The summed E-state index contributed by atoms with van der Waals surface area (Å²) in [7, 11) is 1.88. The normalized spacial score (nSPS) is 25.3. The van der Waals surface area contributed by atoms with Gasteiger partial charge < -0.3 is 15.2 Å². The number of likely N-dealkylation sites (N-methyl/N-ethyl adjacent to an activating group) is 1. The van der Waals surface area contributed by atoms with Gasteiger partial charge in [0.25, 0.3) is 0 Å². The zero-order chi connectivity index (χ0) is 10.8. The van der Waals surface area contributed by atoms with E-state index in [1.54, 1.807) is 0 Å². The number of aliphatic hydroxyl groups excluding tert-OH is 1. The van der Waals surface area contributed by atoms with Gasteiger partial charge in [0.2, 0.25) is 0 Å². The van der Waals surface area contributed by atoms with E-state index >= 15 is 0 Å². The molecule has 0 saturated carbocycles. The zero-order valence-electron chi connectivity index (χ0n) is 8.53. The van der Waals surface area contributed by atoms with Gasteiger partial charge >= 0.3 is 0 Å². The second-order valence-corrected chi connectivity index (χ2v) is 4.65. The second-order valence-electron chi connectivity index (χ2n) is 3.73. The van der Waals surface area contributed by atoms with Gasteiger partial charge in [-0.15, -0.1) is 0 Å². The fourth-order valence-electron chi connectivity index (χ4n) is 1.77. The maximum Gasteiger partial charge on any atom is 0.125 e. The molecular weight excluding hydrogens is 258 g/mol. The molecule has 3 nitrogen and oxygen atoms in total. The Balaban J connectivity index is 2.31. The Morgan fingerprint density at radius 3 is 3.07 bits per heavy atom. The first kappa shape index (κ1) is 10.9. The molecule has 15 heavy (non-hydrogen) atoms. The molecule has 0 amide bonds. The van der Waals surface area contributed by atoms with Crippen molar-refractivity contribution in [1.29, 1.82) is 0 Å². The van der Waals surface area contributed by atoms with Gasteiger partial charge in [0.1, 0.15) is 12.4 Å². The van der Waals surface area contributed by atoms with Gasteiger partial charge in [-0.1, -0.05) is 15.9 Å². The van der Waals surface area contributed by atoms with E-state index in [2.05, 4.69) is 21.2 Å². The largest absolute Gasteiger partial charge is 0.492 e. The summed E-state index contributed by atoms with van der Waals surface area (Å²) in [5.74, 6) is 0.781. The van der Waals surface area contributed by atoms with Crippen LogP contribution in [0.2, 0.25) is 0 Å². The number of hydrogen-bond donors (Lipinski definition) is 2. The van der Waals surface area contributed by atoms with Crippen LogP contribution in [-0.4, -0.2) is 24.8 Å². The van der Waals surface area contributed by atoms with Crippen molar-refractivity contribution in [3.63, 3.8) is 0 Å². The molecule has 2 atom stereocenters. The van der Waals surface area contributed by atoms with Crippen molar-refractivity contribution < 1.29 is 9.84 Å². The standard InChI is InChI=1S/C11H14BrNO2/c1-13-8-5-10(14)9-4-7(12)2-3-11(9)15-6-8/h2-4,8,10,13-14H,5-6H2,1H3/t8-,10+/m0/s1. The number of fused-ring (bicyclic) bond motifs is 1. The molecular formula is C11H14BrNO2. The second kappa shape index (κ2) is 4.51. The molecule has 2 N–H and O–H groups in total. The fourth-order valence-corrected chi connectivity index (χ4v) is 2.15. The van der Waals surface area contributed by atoms with Gasteiger partial charge in [-0.05, 0) is 31.7 Å². The quantitative estimate of drug-likeness (QED) is 0.819. The smallest absolute Gasteiger partial charge is 0.125 e. The summed E-state index contributed by atoms with van der Waals surface area (Å²) < 4.78 is 6.60. The van der Waals surface area contributed by atoms with Gasteiger partial charge in [-0.2, -0.15) is 0 Å². The van der Waals surface area contributed by atoms with Crippen LogP contribution in [-0.2, 0) is 0 Å². The Morgan fingerprint density at radius 2 is 2.33 bits per heavy atom. The summed E-state index contributed by atoms with van der Waals surface area (Å²) in [5, 5.41) is 13.2. The third-order valence-electron chi connectivity index (χ3n) is 2.69. The highest BCUT2D eigenvalue weighted by atomic mass is 79.9. The highest BCUT2D eigenvalue weighted by Crippen LogP contribution is 2.33. The molecule has 82 valence electrons. The van der Waals surface area contributed by atoms with E-state index in [4.69, 9.17) is 4.74 Å². The van der Waals surface area contributed by atoms with Crippen LogP contribution >= 0.6 is 15.9 Å². The minimum absolute atomic E-state index is 0.200. The lowest BCUT2D eigenvalue weighted by atomic mass is 10.0. The van der Waals surface area contributed by atoms with Crippen LogP contribution in [0.5, 0.6) is 5.75 Å². The summed E-state index contributed by atoms with van der Waals surface area (Å²) >= 11 is 3.39. The monoisotopic (exact) mass is 271 g/mol. The molecule has 1 heterocycles. The van der Waals surface area contributed by atoms with Crippen LogP contribution in [0, 0.1) is 0 Å². The predicted molar refractivity (Wildman–Crippen MR) is 62.1 cm³/mol.